The lowest BCUT2D eigenvalue weighted by Gasteiger charge is -2.11. The molecule has 0 amide bonds. The zero-order valence-corrected chi connectivity index (χ0v) is 11.2. The number of carboxylic acid groups (broad SMARTS) is 1. The van der Waals surface area contributed by atoms with Crippen LogP contribution in [0.2, 0.25) is 0 Å². The fourth-order valence-electron chi connectivity index (χ4n) is 1.46. The molecular weight excluding hydrogens is 254 g/mol. The Morgan fingerprint density at radius 3 is 2.33 bits per heavy atom. The van der Waals surface area contributed by atoms with Crippen LogP contribution in [0, 0.1) is 0 Å². The molecule has 0 spiro atoms. The third-order valence-electron chi connectivity index (χ3n) is 2.44. The van der Waals surface area contributed by atoms with Gasteiger partial charge >= 0.3 is 5.97 Å². The van der Waals surface area contributed by atoms with Gasteiger partial charge in [-0.05, 0) is 37.6 Å². The van der Waals surface area contributed by atoms with Gasteiger partial charge in [0.05, 0.1) is 10.6 Å². The molecule has 1 unspecified atom stereocenters. The van der Waals surface area contributed by atoms with Crippen molar-refractivity contribution in [1.29, 1.82) is 0 Å². The van der Waals surface area contributed by atoms with Gasteiger partial charge in [-0.15, -0.1) is 0 Å². The van der Waals surface area contributed by atoms with Crippen LogP contribution < -0.4 is 5.32 Å². The first kappa shape index (κ1) is 14.5. The summed E-state index contributed by atoms with van der Waals surface area (Å²) in [4.78, 5) is 10.9. The van der Waals surface area contributed by atoms with E-state index in [2.05, 4.69) is 5.32 Å². The Bertz CT molecular complexity index is 507. The van der Waals surface area contributed by atoms with Crippen LogP contribution in [0.5, 0.6) is 0 Å². The lowest BCUT2D eigenvalue weighted by Crippen LogP contribution is -2.25. The van der Waals surface area contributed by atoms with Gasteiger partial charge in [0.15, 0.2) is 9.84 Å². The smallest absolute Gasteiger partial charge is 0.325 e. The number of anilines is 1. The summed E-state index contributed by atoms with van der Waals surface area (Å²) in [6.07, 6.45) is 0.568. The van der Waals surface area contributed by atoms with Gasteiger partial charge in [-0.1, -0.05) is 6.92 Å². The van der Waals surface area contributed by atoms with Gasteiger partial charge in [-0.2, -0.15) is 0 Å². The van der Waals surface area contributed by atoms with Crippen LogP contribution in [-0.2, 0) is 14.6 Å². The summed E-state index contributed by atoms with van der Waals surface area (Å²) in [5.41, 5.74) is 0.584. The monoisotopic (exact) mass is 271 g/mol. The highest BCUT2D eigenvalue weighted by molar-refractivity contribution is 7.91. The molecule has 0 fully saturated rings. The molecule has 0 saturated carbocycles. The minimum Gasteiger partial charge on any atom is -0.480 e. The van der Waals surface area contributed by atoms with E-state index in [4.69, 9.17) is 5.11 Å². The fraction of sp³-hybridized carbons (Fsp3) is 0.417. The summed E-state index contributed by atoms with van der Waals surface area (Å²) in [6, 6.07) is 5.40. The van der Waals surface area contributed by atoms with Crippen molar-refractivity contribution >= 4 is 21.5 Å². The van der Waals surface area contributed by atoms with Gasteiger partial charge < -0.3 is 10.4 Å². The Morgan fingerprint density at radius 2 is 1.89 bits per heavy atom. The lowest BCUT2D eigenvalue weighted by atomic mass is 10.2. The molecule has 0 radical (unpaired) electrons. The van der Waals surface area contributed by atoms with Crippen LogP contribution in [0.4, 0.5) is 5.69 Å². The van der Waals surface area contributed by atoms with Crippen molar-refractivity contribution in [1.82, 2.24) is 0 Å². The minimum absolute atomic E-state index is 0.116. The zero-order valence-electron chi connectivity index (χ0n) is 10.4. The second kappa shape index (κ2) is 5.86. The number of hydrogen-bond acceptors (Lipinski definition) is 4. The second-order valence-electron chi connectivity index (χ2n) is 4.05. The summed E-state index contributed by atoms with van der Waals surface area (Å²) in [7, 11) is -3.22. The molecule has 18 heavy (non-hydrogen) atoms. The van der Waals surface area contributed by atoms with Crippen molar-refractivity contribution < 1.29 is 18.3 Å². The van der Waals surface area contributed by atoms with Crippen molar-refractivity contribution in [3.63, 3.8) is 0 Å². The summed E-state index contributed by atoms with van der Waals surface area (Å²) in [5.74, 6) is -0.844. The summed E-state index contributed by atoms with van der Waals surface area (Å²) in [6.45, 7) is 3.33. The van der Waals surface area contributed by atoms with Gasteiger partial charge in [0.1, 0.15) is 6.04 Å². The molecule has 0 aliphatic heterocycles. The third kappa shape index (κ3) is 3.73. The summed E-state index contributed by atoms with van der Waals surface area (Å²) >= 11 is 0. The first-order chi connectivity index (χ1) is 8.36. The Labute approximate surface area is 107 Å². The third-order valence-corrected chi connectivity index (χ3v) is 4.38. The predicted molar refractivity (Wildman–Crippen MR) is 69.5 cm³/mol. The molecule has 6 heteroatoms. The normalized spacial score (nSPS) is 13.0. The van der Waals surface area contributed by atoms with Crippen LogP contribution >= 0.6 is 0 Å². The van der Waals surface area contributed by atoms with Crippen molar-refractivity contribution in [2.24, 2.45) is 0 Å². The molecule has 0 bridgehead atoms. The molecule has 5 nitrogen and oxygen atoms in total. The Balaban J connectivity index is 2.84. The molecule has 0 aliphatic rings. The van der Waals surface area contributed by atoms with Gasteiger partial charge in [0.2, 0.25) is 0 Å². The van der Waals surface area contributed by atoms with Crippen LogP contribution in [0.1, 0.15) is 20.3 Å². The van der Waals surface area contributed by atoms with Gasteiger partial charge in [0, 0.05) is 5.69 Å². The van der Waals surface area contributed by atoms with Crippen molar-refractivity contribution in [3.8, 4) is 0 Å². The first-order valence-electron chi connectivity index (χ1n) is 5.69. The number of hydrogen-bond donors (Lipinski definition) is 2. The maximum absolute atomic E-state index is 11.8. The number of benzene rings is 1. The Kier molecular flexibility index (Phi) is 4.72. The number of carbonyl (C=O) groups is 1. The highest BCUT2D eigenvalue weighted by Gasteiger charge is 2.14. The zero-order chi connectivity index (χ0) is 13.8. The van der Waals surface area contributed by atoms with E-state index in [1.54, 1.807) is 12.1 Å². The number of carboxylic acids is 1. The van der Waals surface area contributed by atoms with Gasteiger partial charge in [-0.25, -0.2) is 8.42 Å². The van der Waals surface area contributed by atoms with Gasteiger partial charge in [0.25, 0.3) is 0 Å². The van der Waals surface area contributed by atoms with E-state index in [0.29, 0.717) is 12.1 Å². The first-order valence-corrected chi connectivity index (χ1v) is 7.34. The quantitative estimate of drug-likeness (QED) is 0.823. The van der Waals surface area contributed by atoms with E-state index in [1.807, 2.05) is 6.92 Å². The maximum atomic E-state index is 11.8. The minimum atomic E-state index is -3.22. The van der Waals surface area contributed by atoms with Crippen molar-refractivity contribution in [2.45, 2.75) is 31.2 Å². The Hall–Kier alpha value is -1.56. The molecule has 0 aromatic heterocycles. The predicted octanol–water partition coefficient (Wildman–Crippen LogP) is 1.76. The van der Waals surface area contributed by atoms with E-state index < -0.39 is 21.8 Å². The van der Waals surface area contributed by atoms with Crippen LogP contribution in [0.25, 0.3) is 0 Å². The molecule has 1 rings (SSSR count). The highest BCUT2D eigenvalue weighted by Crippen LogP contribution is 2.16. The van der Waals surface area contributed by atoms with Crippen LogP contribution in [0.15, 0.2) is 29.2 Å². The van der Waals surface area contributed by atoms with E-state index in [9.17, 15) is 13.2 Å². The van der Waals surface area contributed by atoms with Crippen LogP contribution in [0.3, 0.4) is 0 Å². The molecule has 2 N–H and O–H groups in total. The second-order valence-corrected chi connectivity index (χ2v) is 6.16. The maximum Gasteiger partial charge on any atom is 0.325 e. The molecule has 0 aliphatic carbocycles. The summed E-state index contributed by atoms with van der Waals surface area (Å²) in [5, 5.41) is 11.5. The number of rotatable bonds is 6. The molecule has 0 saturated heterocycles. The molecule has 0 heterocycles. The lowest BCUT2D eigenvalue weighted by molar-refractivity contribution is -0.137. The van der Waals surface area contributed by atoms with Crippen molar-refractivity contribution in [3.05, 3.63) is 24.3 Å². The largest absolute Gasteiger partial charge is 0.480 e. The number of aliphatic carboxylic acids is 1. The molecule has 100 valence electrons. The fourth-order valence-corrected chi connectivity index (χ4v) is 2.78. The molecule has 1 aromatic carbocycles. The van der Waals surface area contributed by atoms with E-state index in [1.165, 1.54) is 19.1 Å². The topological polar surface area (TPSA) is 83.5 Å². The van der Waals surface area contributed by atoms with Crippen LogP contribution in [-0.4, -0.2) is 31.3 Å². The van der Waals surface area contributed by atoms with Crippen molar-refractivity contribution in [2.75, 3.05) is 11.1 Å². The highest BCUT2D eigenvalue weighted by atomic mass is 32.2. The molecular formula is C12H17NO4S. The standard InChI is InChI=1S/C12H17NO4S/c1-3-8-18(16,17)11-6-4-10(5-7-11)13-9(2)12(14)15/h4-7,9,13H,3,8H2,1-2H3,(H,14,15). The number of nitrogens with one attached hydrogen (secondary N) is 1. The van der Waals surface area contributed by atoms with E-state index in [-0.39, 0.29) is 10.6 Å². The van der Waals surface area contributed by atoms with E-state index >= 15 is 0 Å². The average Bonchev–Trinajstić information content (AvgIpc) is 2.29. The summed E-state index contributed by atoms with van der Waals surface area (Å²) < 4.78 is 23.5. The Morgan fingerprint density at radius 1 is 1.33 bits per heavy atom. The average molecular weight is 271 g/mol. The number of sulfone groups is 1. The van der Waals surface area contributed by atoms with E-state index in [0.717, 1.165) is 0 Å². The SMILES string of the molecule is CCCS(=O)(=O)c1ccc(NC(C)C(=O)O)cc1. The molecule has 1 aromatic rings. The van der Waals surface area contributed by atoms with Gasteiger partial charge in [-0.3, -0.25) is 4.79 Å². The molecule has 1 atom stereocenters.